The Bertz CT molecular complexity index is 181. The number of nitrogens with one attached hydrogen (secondary N) is 2. The van der Waals surface area contributed by atoms with Gasteiger partial charge in [-0.05, 0) is 51.1 Å². The zero-order valence-corrected chi connectivity index (χ0v) is 11.1. The van der Waals surface area contributed by atoms with E-state index in [1.165, 1.54) is 32.2 Å². The van der Waals surface area contributed by atoms with Gasteiger partial charge in [0.1, 0.15) is 0 Å². The van der Waals surface area contributed by atoms with Crippen LogP contribution in [0.3, 0.4) is 0 Å². The fraction of sp³-hybridized carbons (Fsp3) is 1.00. The fourth-order valence-corrected chi connectivity index (χ4v) is 2.13. The van der Waals surface area contributed by atoms with Crippen LogP contribution in [0.15, 0.2) is 0 Å². The number of hydrogen-bond donors (Lipinski definition) is 2. The first kappa shape index (κ1) is 13.9. The van der Waals surface area contributed by atoms with E-state index in [1.54, 1.807) is 7.11 Å². The standard InChI is InChI=1S/C13H28N2O/c1-4-15-12(2)5-9-14-11-13(6-7-13)8-10-16-3/h12,14-15H,4-11H2,1-3H3. The minimum atomic E-state index is 0.581. The Hall–Kier alpha value is -0.120. The molecule has 0 aliphatic heterocycles. The van der Waals surface area contributed by atoms with Crippen LogP contribution in [-0.4, -0.2) is 39.4 Å². The van der Waals surface area contributed by atoms with Gasteiger partial charge in [0.25, 0.3) is 0 Å². The molecular weight excluding hydrogens is 200 g/mol. The second kappa shape index (κ2) is 7.25. The third-order valence-electron chi connectivity index (χ3n) is 3.60. The molecule has 2 N–H and O–H groups in total. The summed E-state index contributed by atoms with van der Waals surface area (Å²) in [5.41, 5.74) is 0.581. The first-order valence-electron chi connectivity index (χ1n) is 6.65. The maximum Gasteiger partial charge on any atom is 0.0468 e. The summed E-state index contributed by atoms with van der Waals surface area (Å²) in [4.78, 5) is 0. The van der Waals surface area contributed by atoms with E-state index in [2.05, 4.69) is 24.5 Å². The average Bonchev–Trinajstić information content (AvgIpc) is 3.03. The van der Waals surface area contributed by atoms with Crippen LogP contribution in [-0.2, 0) is 4.74 Å². The summed E-state index contributed by atoms with van der Waals surface area (Å²) in [6.45, 7) is 8.70. The Balaban J connectivity index is 1.98. The molecule has 1 rings (SSSR count). The maximum absolute atomic E-state index is 5.16. The van der Waals surface area contributed by atoms with Crippen molar-refractivity contribution in [2.24, 2.45) is 5.41 Å². The zero-order chi connectivity index (χ0) is 11.9. The van der Waals surface area contributed by atoms with Crippen LogP contribution >= 0.6 is 0 Å². The molecule has 1 fully saturated rings. The summed E-state index contributed by atoms with van der Waals surface area (Å²) in [7, 11) is 1.79. The summed E-state index contributed by atoms with van der Waals surface area (Å²) < 4.78 is 5.16. The number of rotatable bonds is 10. The molecule has 0 amide bonds. The third-order valence-corrected chi connectivity index (χ3v) is 3.60. The summed E-state index contributed by atoms with van der Waals surface area (Å²) in [5.74, 6) is 0. The number of ether oxygens (including phenoxy) is 1. The topological polar surface area (TPSA) is 33.3 Å². The lowest BCUT2D eigenvalue weighted by Gasteiger charge is -2.17. The van der Waals surface area contributed by atoms with Crippen LogP contribution < -0.4 is 10.6 Å². The average molecular weight is 228 g/mol. The van der Waals surface area contributed by atoms with Crippen molar-refractivity contribution in [3.63, 3.8) is 0 Å². The van der Waals surface area contributed by atoms with Crippen LogP contribution in [0.2, 0.25) is 0 Å². The van der Waals surface area contributed by atoms with Gasteiger partial charge in [-0.15, -0.1) is 0 Å². The van der Waals surface area contributed by atoms with Crippen molar-refractivity contribution in [2.45, 2.75) is 45.6 Å². The van der Waals surface area contributed by atoms with Gasteiger partial charge in [0, 0.05) is 26.3 Å². The van der Waals surface area contributed by atoms with Crippen molar-refractivity contribution in [3.8, 4) is 0 Å². The van der Waals surface area contributed by atoms with Crippen molar-refractivity contribution in [1.29, 1.82) is 0 Å². The molecule has 0 heterocycles. The molecule has 1 aliphatic rings. The number of hydrogen-bond acceptors (Lipinski definition) is 3. The van der Waals surface area contributed by atoms with Gasteiger partial charge in [-0.1, -0.05) is 6.92 Å². The van der Waals surface area contributed by atoms with Gasteiger partial charge in [-0.3, -0.25) is 0 Å². The fourth-order valence-electron chi connectivity index (χ4n) is 2.13. The zero-order valence-electron chi connectivity index (χ0n) is 11.1. The molecule has 1 saturated carbocycles. The first-order chi connectivity index (χ1) is 7.72. The Kier molecular flexibility index (Phi) is 6.32. The summed E-state index contributed by atoms with van der Waals surface area (Å²) in [5, 5.41) is 7.02. The van der Waals surface area contributed by atoms with E-state index in [9.17, 15) is 0 Å². The van der Waals surface area contributed by atoms with Crippen LogP contribution in [0.5, 0.6) is 0 Å². The van der Waals surface area contributed by atoms with Crippen molar-refractivity contribution < 1.29 is 4.74 Å². The monoisotopic (exact) mass is 228 g/mol. The van der Waals surface area contributed by atoms with E-state index in [1.807, 2.05) is 0 Å². The number of methoxy groups -OCH3 is 1. The first-order valence-corrected chi connectivity index (χ1v) is 6.65. The highest BCUT2D eigenvalue weighted by molar-refractivity contribution is 4.94. The predicted molar refractivity (Wildman–Crippen MR) is 68.8 cm³/mol. The summed E-state index contributed by atoms with van der Waals surface area (Å²) >= 11 is 0. The minimum Gasteiger partial charge on any atom is -0.385 e. The van der Waals surface area contributed by atoms with E-state index < -0.39 is 0 Å². The third kappa shape index (κ3) is 5.28. The lowest BCUT2D eigenvalue weighted by Crippen LogP contribution is -2.32. The largest absolute Gasteiger partial charge is 0.385 e. The quantitative estimate of drug-likeness (QED) is 0.559. The molecular formula is C13H28N2O. The second-order valence-electron chi connectivity index (χ2n) is 5.17. The van der Waals surface area contributed by atoms with Gasteiger partial charge in [-0.2, -0.15) is 0 Å². The Morgan fingerprint density at radius 1 is 1.38 bits per heavy atom. The van der Waals surface area contributed by atoms with E-state index in [0.29, 0.717) is 11.5 Å². The molecule has 3 nitrogen and oxygen atoms in total. The molecule has 0 aromatic heterocycles. The molecule has 0 aromatic carbocycles. The molecule has 0 bridgehead atoms. The molecule has 0 radical (unpaired) electrons. The maximum atomic E-state index is 5.16. The molecule has 96 valence electrons. The Morgan fingerprint density at radius 3 is 2.69 bits per heavy atom. The highest BCUT2D eigenvalue weighted by atomic mass is 16.5. The van der Waals surface area contributed by atoms with E-state index in [0.717, 1.165) is 19.7 Å². The molecule has 0 saturated heterocycles. The van der Waals surface area contributed by atoms with Crippen molar-refractivity contribution in [3.05, 3.63) is 0 Å². The van der Waals surface area contributed by atoms with Crippen LogP contribution in [0.4, 0.5) is 0 Å². The van der Waals surface area contributed by atoms with Crippen molar-refractivity contribution >= 4 is 0 Å². The SMILES string of the molecule is CCNC(C)CCNCC1(CCOC)CC1. The molecule has 1 unspecified atom stereocenters. The molecule has 16 heavy (non-hydrogen) atoms. The minimum absolute atomic E-state index is 0.581. The van der Waals surface area contributed by atoms with Gasteiger partial charge in [0.05, 0.1) is 0 Å². The highest BCUT2D eigenvalue weighted by Crippen LogP contribution is 2.48. The highest BCUT2D eigenvalue weighted by Gasteiger charge is 2.41. The lowest BCUT2D eigenvalue weighted by atomic mass is 10.0. The normalized spacial score (nSPS) is 19.7. The van der Waals surface area contributed by atoms with Gasteiger partial charge >= 0.3 is 0 Å². The van der Waals surface area contributed by atoms with Gasteiger partial charge in [0.15, 0.2) is 0 Å². The van der Waals surface area contributed by atoms with E-state index in [-0.39, 0.29) is 0 Å². The van der Waals surface area contributed by atoms with Crippen LogP contribution in [0.25, 0.3) is 0 Å². The predicted octanol–water partition coefficient (Wildman–Crippen LogP) is 1.78. The molecule has 1 atom stereocenters. The Labute approximate surface area is 100 Å². The van der Waals surface area contributed by atoms with Crippen molar-refractivity contribution in [2.75, 3.05) is 33.4 Å². The molecule has 1 aliphatic carbocycles. The van der Waals surface area contributed by atoms with Gasteiger partial charge in [-0.25, -0.2) is 0 Å². The van der Waals surface area contributed by atoms with Crippen LogP contribution in [0.1, 0.15) is 39.5 Å². The van der Waals surface area contributed by atoms with Gasteiger partial charge < -0.3 is 15.4 Å². The smallest absolute Gasteiger partial charge is 0.0468 e. The molecule has 3 heteroatoms. The Morgan fingerprint density at radius 2 is 2.12 bits per heavy atom. The lowest BCUT2D eigenvalue weighted by molar-refractivity contribution is 0.171. The summed E-state index contributed by atoms with van der Waals surface area (Å²) in [6.07, 6.45) is 5.20. The van der Waals surface area contributed by atoms with Crippen molar-refractivity contribution in [1.82, 2.24) is 10.6 Å². The van der Waals surface area contributed by atoms with E-state index in [4.69, 9.17) is 4.74 Å². The second-order valence-corrected chi connectivity index (χ2v) is 5.17. The molecule has 0 spiro atoms. The van der Waals surface area contributed by atoms with Crippen LogP contribution in [0, 0.1) is 5.41 Å². The summed E-state index contributed by atoms with van der Waals surface area (Å²) in [6, 6.07) is 0.631. The molecule has 0 aromatic rings. The van der Waals surface area contributed by atoms with Gasteiger partial charge in [0.2, 0.25) is 0 Å². The van der Waals surface area contributed by atoms with E-state index >= 15 is 0 Å².